The summed E-state index contributed by atoms with van der Waals surface area (Å²) in [5, 5.41) is 1.96. The molecule has 4 rings (SSSR count). The first kappa shape index (κ1) is 14.6. The maximum Gasteiger partial charge on any atom is 0.195 e. The second-order valence-corrected chi connectivity index (χ2v) is 5.68. The van der Waals surface area contributed by atoms with Crippen LogP contribution in [-0.2, 0) is 6.54 Å². The Balaban J connectivity index is 1.95. The van der Waals surface area contributed by atoms with Crippen LogP contribution in [0.2, 0.25) is 0 Å². The number of hydrogen-bond donors (Lipinski definition) is 0. The van der Waals surface area contributed by atoms with E-state index in [2.05, 4.69) is 16.5 Å². The summed E-state index contributed by atoms with van der Waals surface area (Å²) in [6.07, 6.45) is 3.57. The predicted octanol–water partition coefficient (Wildman–Crippen LogP) is 4.58. The van der Waals surface area contributed by atoms with Crippen molar-refractivity contribution in [1.29, 1.82) is 0 Å². The molecule has 0 atom stereocenters. The van der Waals surface area contributed by atoms with Crippen molar-refractivity contribution in [3.05, 3.63) is 77.9 Å². The van der Waals surface area contributed by atoms with Crippen LogP contribution in [-0.4, -0.2) is 15.3 Å². The van der Waals surface area contributed by atoms with Gasteiger partial charge in [0, 0.05) is 40.8 Å². The molecule has 3 nitrogen and oxygen atoms in total. The summed E-state index contributed by atoms with van der Waals surface area (Å²) in [6.45, 7) is 2.91. The lowest BCUT2D eigenvalue weighted by atomic mass is 10.0. The Kier molecular flexibility index (Phi) is 3.38. The lowest BCUT2D eigenvalue weighted by Crippen LogP contribution is -2.04. The van der Waals surface area contributed by atoms with Gasteiger partial charge >= 0.3 is 0 Å². The number of pyridine rings is 1. The topological polar surface area (TPSA) is 34.9 Å². The molecule has 2 aromatic carbocycles. The Labute approximate surface area is 138 Å². The second kappa shape index (κ2) is 5.57. The van der Waals surface area contributed by atoms with Gasteiger partial charge in [-0.15, -0.1) is 0 Å². The highest BCUT2D eigenvalue weighted by Crippen LogP contribution is 2.29. The molecule has 2 heterocycles. The lowest BCUT2D eigenvalue weighted by molar-refractivity contribution is 0.103. The van der Waals surface area contributed by atoms with Crippen LogP contribution in [0.4, 0.5) is 4.39 Å². The largest absolute Gasteiger partial charge is 0.341 e. The quantitative estimate of drug-likeness (QED) is 0.518. The average Bonchev–Trinajstić information content (AvgIpc) is 2.94. The fourth-order valence-corrected chi connectivity index (χ4v) is 3.23. The molecule has 2 aromatic heterocycles. The number of benzene rings is 2. The van der Waals surface area contributed by atoms with E-state index in [4.69, 9.17) is 0 Å². The van der Waals surface area contributed by atoms with Crippen molar-refractivity contribution < 1.29 is 9.18 Å². The molecule has 0 saturated carbocycles. The number of carbonyl (C=O) groups excluding carboxylic acids is 1. The van der Waals surface area contributed by atoms with Crippen molar-refractivity contribution >= 4 is 27.6 Å². The molecule has 0 fully saturated rings. The Morgan fingerprint density at radius 2 is 1.88 bits per heavy atom. The molecule has 0 aliphatic heterocycles. The highest BCUT2D eigenvalue weighted by molar-refractivity contribution is 6.14. The Bertz CT molecular complexity index is 1080. The van der Waals surface area contributed by atoms with Crippen LogP contribution >= 0.6 is 0 Å². The zero-order chi connectivity index (χ0) is 16.7. The highest BCUT2D eigenvalue weighted by Gasteiger charge is 2.16. The van der Waals surface area contributed by atoms with E-state index < -0.39 is 5.82 Å². The van der Waals surface area contributed by atoms with Crippen LogP contribution in [0, 0.1) is 5.82 Å². The molecule has 0 unspecified atom stereocenters. The summed E-state index contributed by atoms with van der Waals surface area (Å²) in [7, 11) is 0. The average molecular weight is 318 g/mol. The molecule has 118 valence electrons. The number of ketones is 1. The van der Waals surface area contributed by atoms with Gasteiger partial charge < -0.3 is 4.57 Å². The second-order valence-electron chi connectivity index (χ2n) is 5.68. The van der Waals surface area contributed by atoms with E-state index >= 15 is 0 Å². The number of carbonyl (C=O) groups is 1. The van der Waals surface area contributed by atoms with Crippen LogP contribution in [0.1, 0.15) is 22.8 Å². The standard InChI is InChI=1S/C20H15FN2O/c1-2-23-18-8-7-13(20(24)14-5-3-4-6-17(14)21)11-15(18)16-12-22-10-9-19(16)23/h3-12H,2H2,1H3. The van der Waals surface area contributed by atoms with Crippen molar-refractivity contribution in [3.8, 4) is 0 Å². The molecule has 0 amide bonds. The summed E-state index contributed by atoms with van der Waals surface area (Å²) < 4.78 is 16.1. The van der Waals surface area contributed by atoms with Crippen molar-refractivity contribution in [3.63, 3.8) is 0 Å². The fourth-order valence-electron chi connectivity index (χ4n) is 3.23. The van der Waals surface area contributed by atoms with Crippen molar-refractivity contribution in [1.82, 2.24) is 9.55 Å². The van der Waals surface area contributed by atoms with Crippen molar-refractivity contribution in [2.45, 2.75) is 13.5 Å². The zero-order valence-electron chi connectivity index (χ0n) is 13.2. The van der Waals surface area contributed by atoms with Crippen LogP contribution in [0.15, 0.2) is 60.9 Å². The van der Waals surface area contributed by atoms with Gasteiger partial charge in [-0.1, -0.05) is 12.1 Å². The summed E-state index contributed by atoms with van der Waals surface area (Å²) >= 11 is 0. The summed E-state index contributed by atoms with van der Waals surface area (Å²) in [4.78, 5) is 16.9. The number of aromatic nitrogens is 2. The molecule has 24 heavy (non-hydrogen) atoms. The predicted molar refractivity (Wildman–Crippen MR) is 92.7 cm³/mol. The monoisotopic (exact) mass is 318 g/mol. The first-order chi connectivity index (χ1) is 11.7. The van der Waals surface area contributed by atoms with Gasteiger partial charge in [-0.2, -0.15) is 0 Å². The Morgan fingerprint density at radius 1 is 1.08 bits per heavy atom. The van der Waals surface area contributed by atoms with Crippen LogP contribution < -0.4 is 0 Å². The first-order valence-corrected chi connectivity index (χ1v) is 7.86. The van der Waals surface area contributed by atoms with Gasteiger partial charge in [-0.05, 0) is 43.3 Å². The normalized spacial score (nSPS) is 11.2. The maximum atomic E-state index is 13.9. The molecule has 0 spiro atoms. The molecule has 0 radical (unpaired) electrons. The smallest absolute Gasteiger partial charge is 0.195 e. The van der Waals surface area contributed by atoms with E-state index in [9.17, 15) is 9.18 Å². The molecule has 0 bridgehead atoms. The van der Waals surface area contributed by atoms with E-state index in [1.807, 2.05) is 18.2 Å². The molecule has 4 aromatic rings. The van der Waals surface area contributed by atoms with E-state index in [1.54, 1.807) is 30.6 Å². The third kappa shape index (κ3) is 2.11. The first-order valence-electron chi connectivity index (χ1n) is 7.86. The van der Waals surface area contributed by atoms with Gasteiger partial charge in [-0.3, -0.25) is 9.78 Å². The summed E-state index contributed by atoms with van der Waals surface area (Å²) in [6, 6.07) is 13.6. The zero-order valence-corrected chi connectivity index (χ0v) is 13.2. The fraction of sp³-hybridized carbons (Fsp3) is 0.100. The number of aryl methyl sites for hydroxylation is 1. The van der Waals surface area contributed by atoms with Crippen LogP contribution in [0.3, 0.4) is 0 Å². The van der Waals surface area contributed by atoms with E-state index in [0.29, 0.717) is 5.56 Å². The minimum atomic E-state index is -0.500. The van der Waals surface area contributed by atoms with E-state index in [-0.39, 0.29) is 11.3 Å². The third-order valence-electron chi connectivity index (χ3n) is 4.36. The number of rotatable bonds is 3. The van der Waals surface area contributed by atoms with E-state index in [1.165, 1.54) is 12.1 Å². The SMILES string of the molecule is CCn1c2ccncc2c2cc(C(=O)c3ccccc3F)ccc21. The van der Waals surface area contributed by atoms with Gasteiger partial charge in [0.15, 0.2) is 5.78 Å². The van der Waals surface area contributed by atoms with Crippen LogP contribution in [0.25, 0.3) is 21.8 Å². The number of hydrogen-bond acceptors (Lipinski definition) is 2. The molecule has 0 aliphatic carbocycles. The van der Waals surface area contributed by atoms with Crippen molar-refractivity contribution in [2.75, 3.05) is 0 Å². The Hall–Kier alpha value is -3.01. The molecule has 0 saturated heterocycles. The minimum Gasteiger partial charge on any atom is -0.341 e. The van der Waals surface area contributed by atoms with Crippen LogP contribution in [0.5, 0.6) is 0 Å². The lowest BCUT2D eigenvalue weighted by Gasteiger charge is -2.05. The van der Waals surface area contributed by atoms with Gasteiger partial charge in [0.1, 0.15) is 5.82 Å². The molecular weight excluding hydrogens is 303 g/mol. The molecular formula is C20H15FN2O. The van der Waals surface area contributed by atoms with Gasteiger partial charge in [-0.25, -0.2) is 4.39 Å². The minimum absolute atomic E-state index is 0.0919. The Morgan fingerprint density at radius 3 is 2.67 bits per heavy atom. The third-order valence-corrected chi connectivity index (χ3v) is 4.36. The molecule has 4 heteroatoms. The van der Waals surface area contributed by atoms with Crippen molar-refractivity contribution in [2.24, 2.45) is 0 Å². The van der Waals surface area contributed by atoms with Gasteiger partial charge in [0.05, 0.1) is 11.1 Å². The number of fused-ring (bicyclic) bond motifs is 3. The number of halogens is 1. The maximum absolute atomic E-state index is 13.9. The van der Waals surface area contributed by atoms with Gasteiger partial charge in [0.25, 0.3) is 0 Å². The highest BCUT2D eigenvalue weighted by atomic mass is 19.1. The number of nitrogens with zero attached hydrogens (tertiary/aromatic N) is 2. The van der Waals surface area contributed by atoms with E-state index in [0.717, 1.165) is 28.4 Å². The summed E-state index contributed by atoms with van der Waals surface area (Å²) in [5.41, 5.74) is 2.70. The molecule has 0 aliphatic rings. The molecule has 0 N–H and O–H groups in total. The van der Waals surface area contributed by atoms with Gasteiger partial charge in [0.2, 0.25) is 0 Å². The summed E-state index contributed by atoms with van der Waals surface area (Å²) in [5.74, 6) is -0.809.